The zero-order chi connectivity index (χ0) is 24.8. The van der Waals surface area contributed by atoms with Gasteiger partial charge in [0.05, 0.1) is 11.6 Å². The lowest BCUT2D eigenvalue weighted by molar-refractivity contribution is -0.0499. The molecule has 176 valence electrons. The van der Waals surface area contributed by atoms with Crippen LogP contribution >= 0.6 is 0 Å². The predicted octanol–water partition coefficient (Wildman–Crippen LogP) is 4.66. The number of benzene rings is 2. The molecule has 0 fully saturated rings. The van der Waals surface area contributed by atoms with Gasteiger partial charge in [0.25, 0.3) is 0 Å². The van der Waals surface area contributed by atoms with Crippen LogP contribution in [0.5, 0.6) is 5.75 Å². The summed E-state index contributed by atoms with van der Waals surface area (Å²) in [6, 6.07) is 15.7. The van der Waals surface area contributed by atoms with Gasteiger partial charge >= 0.3 is 15.6 Å². The van der Waals surface area contributed by atoms with Crippen LogP contribution < -0.4 is 14.7 Å². The van der Waals surface area contributed by atoms with E-state index in [9.17, 15) is 26.9 Å². The Morgan fingerprint density at radius 2 is 1.64 bits per heavy atom. The molecule has 1 heterocycles. The summed E-state index contributed by atoms with van der Waals surface area (Å²) in [6.07, 6.45) is 0. The van der Waals surface area contributed by atoms with Crippen molar-refractivity contribution in [3.8, 4) is 11.8 Å². The molecule has 0 aliphatic rings. The number of fused-ring (bicyclic) bond motifs is 1. The molecule has 10 heteroatoms. The lowest BCUT2D eigenvalue weighted by Gasteiger charge is -2.41. The first-order valence-electron chi connectivity index (χ1n) is 10.4. The summed E-state index contributed by atoms with van der Waals surface area (Å²) < 4.78 is 70.1. The number of rotatable bonds is 6. The van der Waals surface area contributed by atoms with Gasteiger partial charge < -0.3 is 8.75 Å². The van der Waals surface area contributed by atoms with E-state index >= 15 is 0 Å². The van der Waals surface area contributed by atoms with Crippen LogP contribution in [0.4, 0.5) is 13.2 Å². The van der Waals surface area contributed by atoms with Crippen molar-refractivity contribution in [1.29, 1.82) is 5.26 Å². The third kappa shape index (κ3) is 4.04. The summed E-state index contributed by atoms with van der Waals surface area (Å²) in [6.45, 7) is 7.91. The Morgan fingerprint density at radius 3 is 2.15 bits per heavy atom. The Morgan fingerprint density at radius 1 is 1.03 bits per heavy atom. The second-order valence-corrected chi connectivity index (χ2v) is 15.3. The Hall–Kier alpha value is -2.77. The quantitative estimate of drug-likeness (QED) is 0.284. The first-order valence-corrected chi connectivity index (χ1v) is 13.9. The van der Waals surface area contributed by atoms with Gasteiger partial charge in [-0.3, -0.25) is 0 Å². The minimum absolute atomic E-state index is 0.0644. The van der Waals surface area contributed by atoms with E-state index < -0.39 is 23.7 Å². The highest BCUT2D eigenvalue weighted by atomic mass is 32.2. The third-order valence-electron chi connectivity index (χ3n) is 6.23. The average Bonchev–Trinajstić information content (AvgIpc) is 3.05. The summed E-state index contributed by atoms with van der Waals surface area (Å²) >= 11 is 0. The zero-order valence-electron chi connectivity index (χ0n) is 18.9. The molecule has 0 atom stereocenters. The molecule has 0 saturated heterocycles. The summed E-state index contributed by atoms with van der Waals surface area (Å²) in [5, 5.41) is 11.8. The van der Waals surface area contributed by atoms with Crippen LogP contribution in [0.3, 0.4) is 0 Å². The van der Waals surface area contributed by atoms with Gasteiger partial charge in [-0.15, -0.1) is 0 Å². The molecule has 0 radical (unpaired) electrons. The van der Waals surface area contributed by atoms with E-state index in [4.69, 9.17) is 4.18 Å². The fourth-order valence-electron chi connectivity index (χ4n) is 4.86. The molecule has 3 aromatic rings. The van der Waals surface area contributed by atoms with Gasteiger partial charge in [0.1, 0.15) is 13.8 Å². The number of para-hydroxylation sites is 1. The molecule has 5 nitrogen and oxygen atoms in total. The van der Waals surface area contributed by atoms with Crippen molar-refractivity contribution in [2.24, 2.45) is 7.05 Å². The first-order chi connectivity index (χ1) is 15.3. The smallest absolute Gasteiger partial charge is 0.376 e. The van der Waals surface area contributed by atoms with Crippen molar-refractivity contribution in [3.63, 3.8) is 0 Å². The van der Waals surface area contributed by atoms with Crippen molar-refractivity contribution in [1.82, 2.24) is 4.57 Å². The van der Waals surface area contributed by atoms with E-state index in [1.165, 1.54) is 12.1 Å². The Balaban J connectivity index is 2.43. The van der Waals surface area contributed by atoms with Crippen LogP contribution in [0.1, 0.15) is 33.3 Å². The molecule has 3 rings (SSSR count). The van der Waals surface area contributed by atoms with Crippen molar-refractivity contribution in [2.45, 2.75) is 44.3 Å². The molecule has 0 amide bonds. The molecule has 0 aliphatic carbocycles. The van der Waals surface area contributed by atoms with Gasteiger partial charge in [-0.25, -0.2) is 0 Å². The molecule has 33 heavy (non-hydrogen) atoms. The van der Waals surface area contributed by atoms with Gasteiger partial charge in [-0.1, -0.05) is 45.9 Å². The Labute approximate surface area is 192 Å². The van der Waals surface area contributed by atoms with E-state index in [1.54, 1.807) is 0 Å². The second kappa shape index (κ2) is 8.54. The van der Waals surface area contributed by atoms with Gasteiger partial charge in [-0.2, -0.15) is 26.9 Å². The Bertz CT molecular complexity index is 1330. The lowest BCUT2D eigenvalue weighted by Crippen LogP contribution is -2.65. The number of alkyl halides is 3. The Kier molecular flexibility index (Phi) is 6.43. The number of aromatic nitrogens is 1. The molecule has 2 aromatic carbocycles. The summed E-state index contributed by atoms with van der Waals surface area (Å²) in [5.41, 5.74) is -4.53. The SMILES string of the molecule is CC(C)[Si](c1cc(C#N)ccc1OS(=O)(=O)C(F)(F)F)(c1cc2ccccc2n1C)C(C)C. The van der Waals surface area contributed by atoms with E-state index in [1.807, 2.05) is 75.7 Å². The number of aryl methyl sites for hydroxylation is 1. The largest absolute Gasteiger partial charge is 0.534 e. The number of hydrogen-bond acceptors (Lipinski definition) is 4. The van der Waals surface area contributed by atoms with E-state index in [-0.39, 0.29) is 22.4 Å². The normalized spacial score (nSPS) is 13.0. The zero-order valence-corrected chi connectivity index (χ0v) is 20.8. The van der Waals surface area contributed by atoms with E-state index in [2.05, 4.69) is 0 Å². The molecule has 1 aromatic heterocycles. The fraction of sp³-hybridized carbons (Fsp3) is 0.348. The number of nitriles is 1. The first kappa shape index (κ1) is 24.9. The van der Waals surface area contributed by atoms with Crippen LogP contribution in [0, 0.1) is 11.3 Å². The van der Waals surface area contributed by atoms with Crippen molar-refractivity contribution in [2.75, 3.05) is 0 Å². The van der Waals surface area contributed by atoms with Crippen LogP contribution in [-0.2, 0) is 17.2 Å². The van der Waals surface area contributed by atoms with Crippen LogP contribution in [-0.4, -0.2) is 26.6 Å². The summed E-state index contributed by atoms with van der Waals surface area (Å²) in [7, 11) is -7.02. The highest BCUT2D eigenvalue weighted by Gasteiger charge is 2.51. The molecule has 0 spiro atoms. The molecule has 0 aliphatic heterocycles. The standard InChI is InChI=1S/C23H25F3N2O3SSi/c1-15(2)33(16(3)4,22-13-18-8-6-7-9-19(18)28(22)5)21-12-17(14-27)10-11-20(21)31-32(29,30)23(24,25)26/h6-13,15-16H,1-5H3. The topological polar surface area (TPSA) is 72.1 Å². The van der Waals surface area contributed by atoms with E-state index in [0.29, 0.717) is 5.19 Å². The molecular weight excluding hydrogens is 469 g/mol. The minimum atomic E-state index is -5.89. The van der Waals surface area contributed by atoms with Gasteiger partial charge in [0.15, 0.2) is 0 Å². The van der Waals surface area contributed by atoms with Crippen LogP contribution in [0.15, 0.2) is 48.5 Å². The summed E-state index contributed by atoms with van der Waals surface area (Å²) in [5.74, 6) is -0.384. The maximum atomic E-state index is 13.2. The molecule has 0 bridgehead atoms. The van der Waals surface area contributed by atoms with Crippen molar-refractivity contribution in [3.05, 3.63) is 54.1 Å². The maximum Gasteiger partial charge on any atom is 0.534 e. The lowest BCUT2D eigenvalue weighted by atomic mass is 10.2. The maximum absolute atomic E-state index is 13.2. The monoisotopic (exact) mass is 494 g/mol. The van der Waals surface area contributed by atoms with E-state index in [0.717, 1.165) is 22.3 Å². The van der Waals surface area contributed by atoms with Gasteiger partial charge in [-0.05, 0) is 52.0 Å². The molecular formula is C23H25F3N2O3SSi. The van der Waals surface area contributed by atoms with Crippen LogP contribution in [0.25, 0.3) is 10.9 Å². The molecule has 0 saturated carbocycles. The van der Waals surface area contributed by atoms with Crippen LogP contribution in [0.2, 0.25) is 11.1 Å². The summed E-state index contributed by atoms with van der Waals surface area (Å²) in [4.78, 5) is 0. The minimum Gasteiger partial charge on any atom is -0.376 e. The molecule has 0 unspecified atom stereocenters. The third-order valence-corrected chi connectivity index (χ3v) is 13.5. The highest BCUT2D eigenvalue weighted by molar-refractivity contribution is 7.88. The second-order valence-electron chi connectivity index (χ2n) is 8.63. The fourth-order valence-corrected chi connectivity index (χ4v) is 11.5. The predicted molar refractivity (Wildman–Crippen MR) is 125 cm³/mol. The highest BCUT2D eigenvalue weighted by Crippen LogP contribution is 2.37. The van der Waals surface area contributed by atoms with Crippen molar-refractivity contribution >= 4 is 39.6 Å². The number of halogens is 3. The number of nitrogens with zero attached hydrogens (tertiary/aromatic N) is 2. The van der Waals surface area contributed by atoms with Crippen molar-refractivity contribution < 1.29 is 25.8 Å². The molecule has 0 N–H and O–H groups in total. The van der Waals surface area contributed by atoms with Gasteiger partial charge in [0.2, 0.25) is 0 Å². The average molecular weight is 495 g/mol. The van der Waals surface area contributed by atoms with Gasteiger partial charge in [0, 0.05) is 17.9 Å². The number of hydrogen-bond donors (Lipinski definition) is 0.